The minimum atomic E-state index is -0.311. The smallest absolute Gasteiger partial charge is 0.409 e. The lowest BCUT2D eigenvalue weighted by Crippen LogP contribution is -2.49. The number of nitrogens with zero attached hydrogens (tertiary/aromatic N) is 2. The summed E-state index contributed by atoms with van der Waals surface area (Å²) < 4.78 is 5.35. The van der Waals surface area contributed by atoms with Crippen molar-refractivity contribution in [1.29, 1.82) is 0 Å². The molecule has 33 heavy (non-hydrogen) atoms. The number of carbonyl (C=O) groups is 2. The van der Waals surface area contributed by atoms with Gasteiger partial charge in [0.1, 0.15) is 0 Å². The third-order valence-electron chi connectivity index (χ3n) is 5.50. The summed E-state index contributed by atoms with van der Waals surface area (Å²) in [6, 6.07) is 14.9. The Morgan fingerprint density at radius 1 is 1.06 bits per heavy atom. The maximum Gasteiger partial charge on any atom is 0.409 e. The molecule has 1 fully saturated rings. The minimum Gasteiger partial charge on any atom is -0.449 e. The summed E-state index contributed by atoms with van der Waals surface area (Å²) in [5.74, 6) is -0.198. The van der Waals surface area contributed by atoms with Gasteiger partial charge < -0.3 is 25.0 Å². The monoisotopic (exact) mass is 471 g/mol. The molecule has 8 heteroatoms. The van der Waals surface area contributed by atoms with E-state index in [0.29, 0.717) is 26.1 Å². The maximum atomic E-state index is 12.4. The number of hydrogen-bond acceptors (Lipinski definition) is 6. The molecule has 3 rings (SSSR count). The van der Waals surface area contributed by atoms with Crippen LogP contribution in [0.1, 0.15) is 24.0 Å². The first-order chi connectivity index (χ1) is 16.0. The molecule has 2 aromatic carbocycles. The topological polar surface area (TPSA) is 82.1 Å². The molecule has 1 aliphatic heterocycles. The highest BCUT2D eigenvalue weighted by molar-refractivity contribution is 7.99. The van der Waals surface area contributed by atoms with Crippen molar-refractivity contribution in [3.63, 3.8) is 0 Å². The highest BCUT2D eigenvalue weighted by atomic mass is 32.2. The number of ether oxygens (including phenoxy) is 1. The molecule has 0 aromatic heterocycles. The molecule has 2 amide bonds. The third-order valence-corrected chi connectivity index (χ3v) is 6.74. The molecule has 0 spiro atoms. The van der Waals surface area contributed by atoms with Crippen molar-refractivity contribution in [2.45, 2.75) is 36.5 Å². The fourth-order valence-corrected chi connectivity index (χ4v) is 4.75. The second-order valence-corrected chi connectivity index (χ2v) is 9.19. The van der Waals surface area contributed by atoms with E-state index in [1.165, 1.54) is 26.6 Å². The Balaban J connectivity index is 1.48. The number of rotatable bonds is 9. The number of nitrogens with one attached hydrogen (secondary N) is 1. The Morgan fingerprint density at radius 2 is 1.82 bits per heavy atom. The molecular formula is C25H33N3O4S. The zero-order valence-corrected chi connectivity index (χ0v) is 20.2. The summed E-state index contributed by atoms with van der Waals surface area (Å²) in [7, 11) is 0. The Hall–Kier alpha value is -2.71. The number of para-hydroxylation sites is 1. The number of aryl methyl sites for hydroxylation is 2. The van der Waals surface area contributed by atoms with Crippen LogP contribution < -0.4 is 10.2 Å². The lowest BCUT2D eigenvalue weighted by atomic mass is 10.2. The summed E-state index contributed by atoms with van der Waals surface area (Å²) in [5, 5.41) is 11.4. The summed E-state index contributed by atoms with van der Waals surface area (Å²) >= 11 is 1.78. The van der Waals surface area contributed by atoms with Gasteiger partial charge >= 0.3 is 6.09 Å². The lowest BCUT2D eigenvalue weighted by Gasteiger charge is -2.36. The standard InChI is InChI=1S/C25H33N3O4S/c1-19-8-9-22(20(2)18-19)33-23-7-4-3-6-21(23)27-12-14-28(15-13-27)25(31)32-17-5-11-26-24(30)10-16-29/h3-4,6-9,18,29H,5,10-17H2,1-2H3,(H,26,30). The van der Waals surface area contributed by atoms with Crippen molar-refractivity contribution in [3.8, 4) is 0 Å². The average Bonchev–Trinajstić information content (AvgIpc) is 2.81. The summed E-state index contributed by atoms with van der Waals surface area (Å²) in [5.41, 5.74) is 3.73. The van der Waals surface area contributed by atoms with Gasteiger partial charge in [-0.05, 0) is 44.0 Å². The van der Waals surface area contributed by atoms with Crippen LogP contribution in [0.15, 0.2) is 52.3 Å². The van der Waals surface area contributed by atoms with E-state index in [9.17, 15) is 9.59 Å². The molecule has 0 saturated carbocycles. The van der Waals surface area contributed by atoms with E-state index in [1.807, 2.05) is 0 Å². The molecule has 7 nitrogen and oxygen atoms in total. The van der Waals surface area contributed by atoms with Gasteiger partial charge in [0, 0.05) is 48.9 Å². The van der Waals surface area contributed by atoms with Crippen LogP contribution in [-0.2, 0) is 9.53 Å². The molecule has 0 unspecified atom stereocenters. The third kappa shape index (κ3) is 7.40. The largest absolute Gasteiger partial charge is 0.449 e. The van der Waals surface area contributed by atoms with Crippen LogP contribution in [-0.4, -0.2) is 67.9 Å². The first-order valence-corrected chi connectivity index (χ1v) is 12.2. The Kier molecular flexibility index (Phi) is 9.45. The van der Waals surface area contributed by atoms with Crippen molar-refractivity contribution in [2.75, 3.05) is 50.8 Å². The van der Waals surface area contributed by atoms with E-state index in [4.69, 9.17) is 9.84 Å². The van der Waals surface area contributed by atoms with E-state index in [2.05, 4.69) is 66.5 Å². The van der Waals surface area contributed by atoms with Gasteiger partial charge in [-0.3, -0.25) is 4.79 Å². The molecule has 1 aliphatic rings. The van der Waals surface area contributed by atoms with E-state index in [1.54, 1.807) is 16.7 Å². The normalized spacial score (nSPS) is 13.7. The Morgan fingerprint density at radius 3 is 2.55 bits per heavy atom. The quantitative estimate of drug-likeness (QED) is 0.544. The number of aliphatic hydroxyl groups excluding tert-OH is 1. The highest BCUT2D eigenvalue weighted by Crippen LogP contribution is 2.37. The summed E-state index contributed by atoms with van der Waals surface area (Å²) in [6.45, 7) is 7.48. The molecule has 1 saturated heterocycles. The molecule has 0 radical (unpaired) electrons. The summed E-state index contributed by atoms with van der Waals surface area (Å²) in [4.78, 5) is 30.2. The van der Waals surface area contributed by atoms with E-state index in [-0.39, 0.29) is 31.6 Å². The van der Waals surface area contributed by atoms with Gasteiger partial charge in [0.2, 0.25) is 5.91 Å². The number of carbonyl (C=O) groups excluding carboxylic acids is 2. The Labute approximate surface area is 200 Å². The van der Waals surface area contributed by atoms with Crippen molar-refractivity contribution in [2.24, 2.45) is 0 Å². The number of aliphatic hydroxyl groups is 1. The fraction of sp³-hybridized carbons (Fsp3) is 0.440. The van der Waals surface area contributed by atoms with Gasteiger partial charge in [0.15, 0.2) is 0 Å². The second kappa shape index (κ2) is 12.5. The molecule has 2 N–H and O–H groups in total. The van der Waals surface area contributed by atoms with Crippen molar-refractivity contribution < 1.29 is 19.4 Å². The zero-order chi connectivity index (χ0) is 23.6. The second-order valence-electron chi connectivity index (χ2n) is 8.10. The van der Waals surface area contributed by atoms with Gasteiger partial charge in [-0.1, -0.05) is 41.6 Å². The predicted octanol–water partition coefficient (Wildman–Crippen LogP) is 3.60. The van der Waals surface area contributed by atoms with Crippen LogP contribution in [0.3, 0.4) is 0 Å². The van der Waals surface area contributed by atoms with Gasteiger partial charge in [-0.25, -0.2) is 4.79 Å². The van der Waals surface area contributed by atoms with E-state index >= 15 is 0 Å². The number of hydrogen-bond donors (Lipinski definition) is 2. The first kappa shape index (κ1) is 24.9. The van der Waals surface area contributed by atoms with Crippen molar-refractivity contribution in [1.82, 2.24) is 10.2 Å². The predicted molar refractivity (Wildman–Crippen MR) is 131 cm³/mol. The average molecular weight is 472 g/mol. The number of piperazine rings is 1. The van der Waals surface area contributed by atoms with E-state index < -0.39 is 0 Å². The minimum absolute atomic E-state index is 0.0936. The van der Waals surface area contributed by atoms with Crippen LogP contribution in [0, 0.1) is 13.8 Å². The van der Waals surface area contributed by atoms with Crippen molar-refractivity contribution >= 4 is 29.4 Å². The first-order valence-electron chi connectivity index (χ1n) is 11.4. The SMILES string of the molecule is Cc1ccc(Sc2ccccc2N2CCN(C(=O)OCCCNC(=O)CCO)CC2)c(C)c1. The van der Waals surface area contributed by atoms with Gasteiger partial charge in [0.05, 0.1) is 18.9 Å². The highest BCUT2D eigenvalue weighted by Gasteiger charge is 2.23. The van der Waals surface area contributed by atoms with Gasteiger partial charge in [-0.15, -0.1) is 0 Å². The lowest BCUT2D eigenvalue weighted by molar-refractivity contribution is -0.121. The van der Waals surface area contributed by atoms with Crippen LogP contribution in [0.5, 0.6) is 0 Å². The molecular weight excluding hydrogens is 438 g/mol. The van der Waals surface area contributed by atoms with Crippen LogP contribution >= 0.6 is 11.8 Å². The maximum absolute atomic E-state index is 12.4. The van der Waals surface area contributed by atoms with Crippen molar-refractivity contribution in [3.05, 3.63) is 53.6 Å². The van der Waals surface area contributed by atoms with Gasteiger partial charge in [-0.2, -0.15) is 0 Å². The molecule has 0 aliphatic carbocycles. The molecule has 0 bridgehead atoms. The summed E-state index contributed by atoms with van der Waals surface area (Å²) in [6.07, 6.45) is 0.330. The van der Waals surface area contributed by atoms with Crippen LogP contribution in [0.2, 0.25) is 0 Å². The van der Waals surface area contributed by atoms with Crippen LogP contribution in [0.4, 0.5) is 10.5 Å². The molecule has 178 valence electrons. The van der Waals surface area contributed by atoms with Gasteiger partial charge in [0.25, 0.3) is 0 Å². The molecule has 1 heterocycles. The number of benzene rings is 2. The van der Waals surface area contributed by atoms with E-state index in [0.717, 1.165) is 13.1 Å². The molecule has 2 aromatic rings. The Bertz CT molecular complexity index is 945. The fourth-order valence-electron chi connectivity index (χ4n) is 3.71. The van der Waals surface area contributed by atoms with Crippen LogP contribution in [0.25, 0.3) is 0 Å². The molecule has 0 atom stereocenters. The zero-order valence-electron chi connectivity index (χ0n) is 19.4. The number of anilines is 1. The number of amides is 2.